The van der Waals surface area contributed by atoms with Crippen molar-refractivity contribution in [2.75, 3.05) is 26.1 Å². The zero-order valence-electron chi connectivity index (χ0n) is 15.0. The third-order valence-corrected chi connectivity index (χ3v) is 3.95. The van der Waals surface area contributed by atoms with Crippen LogP contribution >= 0.6 is 0 Å². The largest absolute Gasteiger partial charge is 0.497 e. The summed E-state index contributed by atoms with van der Waals surface area (Å²) in [5, 5.41) is 4.81. The van der Waals surface area contributed by atoms with Gasteiger partial charge in [-0.05, 0) is 35.0 Å². The van der Waals surface area contributed by atoms with Crippen LogP contribution in [-0.2, 0) is 9.53 Å². The molecule has 1 N–H and O–H groups in total. The van der Waals surface area contributed by atoms with E-state index in [1.165, 1.54) is 26.4 Å². The Balaban J connectivity index is 1.62. The molecule has 0 heterocycles. The van der Waals surface area contributed by atoms with Gasteiger partial charge in [0.15, 0.2) is 6.61 Å². The molecule has 0 aliphatic carbocycles. The van der Waals surface area contributed by atoms with Gasteiger partial charge in [-0.2, -0.15) is 0 Å². The van der Waals surface area contributed by atoms with E-state index in [0.29, 0.717) is 17.2 Å². The van der Waals surface area contributed by atoms with Crippen LogP contribution in [0.4, 0.5) is 5.69 Å². The predicted octanol–water partition coefficient (Wildman–Crippen LogP) is 3.65. The van der Waals surface area contributed by atoms with Gasteiger partial charge in [0, 0.05) is 11.8 Å². The number of hydrogen-bond donors (Lipinski definition) is 1. The van der Waals surface area contributed by atoms with E-state index >= 15 is 0 Å². The van der Waals surface area contributed by atoms with Crippen molar-refractivity contribution < 1.29 is 23.8 Å². The third-order valence-electron chi connectivity index (χ3n) is 3.95. The number of esters is 1. The first-order chi connectivity index (χ1) is 13.1. The first kappa shape index (κ1) is 18.3. The lowest BCUT2D eigenvalue weighted by Crippen LogP contribution is -2.21. The van der Waals surface area contributed by atoms with Crippen molar-refractivity contribution in [2.24, 2.45) is 0 Å². The Morgan fingerprint density at radius 2 is 1.52 bits per heavy atom. The average molecular weight is 365 g/mol. The highest BCUT2D eigenvalue weighted by Crippen LogP contribution is 2.23. The van der Waals surface area contributed by atoms with Crippen molar-refractivity contribution in [3.05, 3.63) is 66.2 Å². The van der Waals surface area contributed by atoms with Crippen LogP contribution in [-0.4, -0.2) is 32.7 Å². The summed E-state index contributed by atoms with van der Waals surface area (Å²) in [6.07, 6.45) is 0. The van der Waals surface area contributed by atoms with E-state index in [1.54, 1.807) is 12.1 Å². The van der Waals surface area contributed by atoms with Gasteiger partial charge in [-0.1, -0.05) is 30.3 Å². The zero-order valence-corrected chi connectivity index (χ0v) is 15.0. The summed E-state index contributed by atoms with van der Waals surface area (Å²) in [6.45, 7) is -0.398. The highest BCUT2D eigenvalue weighted by Gasteiger charge is 2.13. The van der Waals surface area contributed by atoms with Gasteiger partial charge in [0.25, 0.3) is 5.91 Å². The number of anilines is 1. The first-order valence-electron chi connectivity index (χ1n) is 8.28. The molecule has 0 fully saturated rings. The van der Waals surface area contributed by atoms with Crippen molar-refractivity contribution in [1.29, 1.82) is 0 Å². The molecule has 3 aromatic carbocycles. The fraction of sp³-hybridized carbons (Fsp3) is 0.143. The van der Waals surface area contributed by atoms with Gasteiger partial charge in [0.05, 0.1) is 19.8 Å². The minimum Gasteiger partial charge on any atom is -0.497 e. The molecule has 0 aliphatic rings. The molecule has 0 saturated carbocycles. The van der Waals surface area contributed by atoms with Crippen LogP contribution in [0.15, 0.2) is 60.7 Å². The van der Waals surface area contributed by atoms with Crippen molar-refractivity contribution in [3.63, 3.8) is 0 Å². The number of carbonyl (C=O) groups excluding carboxylic acids is 2. The Morgan fingerprint density at radius 1 is 0.852 bits per heavy atom. The molecule has 138 valence electrons. The Kier molecular flexibility index (Phi) is 5.56. The highest BCUT2D eigenvalue weighted by molar-refractivity contribution is 5.97. The summed E-state index contributed by atoms with van der Waals surface area (Å²) in [7, 11) is 2.97. The Morgan fingerprint density at radius 3 is 2.19 bits per heavy atom. The molecule has 0 atom stereocenters. The van der Waals surface area contributed by atoms with Crippen LogP contribution in [0.25, 0.3) is 10.8 Å². The quantitative estimate of drug-likeness (QED) is 0.675. The summed E-state index contributed by atoms with van der Waals surface area (Å²) in [4.78, 5) is 24.3. The number of nitrogens with one attached hydrogen (secondary N) is 1. The van der Waals surface area contributed by atoms with E-state index in [0.717, 1.165) is 10.8 Å². The van der Waals surface area contributed by atoms with Gasteiger partial charge in [0.1, 0.15) is 11.5 Å². The number of ether oxygens (including phenoxy) is 3. The Bertz CT molecular complexity index is 961. The maximum Gasteiger partial charge on any atom is 0.338 e. The number of benzene rings is 3. The molecule has 3 aromatic rings. The summed E-state index contributed by atoms with van der Waals surface area (Å²) in [5.41, 5.74) is 0.877. The van der Waals surface area contributed by atoms with Crippen molar-refractivity contribution >= 4 is 28.3 Å². The molecule has 27 heavy (non-hydrogen) atoms. The number of rotatable bonds is 6. The Labute approximate surface area is 156 Å². The maximum atomic E-state index is 12.2. The lowest BCUT2D eigenvalue weighted by atomic mass is 10.1. The Hall–Kier alpha value is -3.54. The highest BCUT2D eigenvalue weighted by atomic mass is 16.5. The van der Waals surface area contributed by atoms with Crippen molar-refractivity contribution in [1.82, 2.24) is 0 Å². The number of carbonyl (C=O) groups is 2. The fourth-order valence-electron chi connectivity index (χ4n) is 2.60. The molecule has 0 radical (unpaired) electrons. The SMILES string of the molecule is COc1cc(OC)cc(C(=O)OCC(=O)Nc2ccc3ccccc3c2)c1. The summed E-state index contributed by atoms with van der Waals surface area (Å²) in [5.74, 6) is -0.141. The molecule has 0 saturated heterocycles. The van der Waals surface area contributed by atoms with Gasteiger partial charge < -0.3 is 19.5 Å². The lowest BCUT2D eigenvalue weighted by Gasteiger charge is -2.09. The normalized spacial score (nSPS) is 10.3. The number of hydrogen-bond acceptors (Lipinski definition) is 5. The molecule has 0 aliphatic heterocycles. The molecule has 6 heteroatoms. The van der Waals surface area contributed by atoms with Gasteiger partial charge in [-0.3, -0.25) is 4.79 Å². The number of fused-ring (bicyclic) bond motifs is 1. The predicted molar refractivity (Wildman–Crippen MR) is 102 cm³/mol. The minimum atomic E-state index is -0.638. The van der Waals surface area contributed by atoms with Crippen LogP contribution in [0.5, 0.6) is 11.5 Å². The second-order valence-corrected chi connectivity index (χ2v) is 5.79. The third kappa shape index (κ3) is 4.55. The van der Waals surface area contributed by atoms with Gasteiger partial charge in [-0.15, -0.1) is 0 Å². The summed E-state index contributed by atoms with van der Waals surface area (Å²) < 4.78 is 15.3. The molecule has 0 unspecified atom stereocenters. The van der Waals surface area contributed by atoms with Crippen LogP contribution < -0.4 is 14.8 Å². The summed E-state index contributed by atoms with van der Waals surface area (Å²) in [6, 6.07) is 18.1. The van der Waals surface area contributed by atoms with Gasteiger partial charge in [0.2, 0.25) is 0 Å². The number of amides is 1. The van der Waals surface area contributed by atoms with Crippen molar-refractivity contribution in [2.45, 2.75) is 0 Å². The smallest absolute Gasteiger partial charge is 0.338 e. The van der Waals surface area contributed by atoms with E-state index < -0.39 is 18.5 Å². The first-order valence-corrected chi connectivity index (χ1v) is 8.28. The molecular weight excluding hydrogens is 346 g/mol. The molecule has 3 rings (SSSR count). The van der Waals surface area contributed by atoms with E-state index in [9.17, 15) is 9.59 Å². The van der Waals surface area contributed by atoms with Crippen LogP contribution in [0.3, 0.4) is 0 Å². The van der Waals surface area contributed by atoms with Crippen LogP contribution in [0, 0.1) is 0 Å². The van der Waals surface area contributed by atoms with Crippen LogP contribution in [0.2, 0.25) is 0 Å². The van der Waals surface area contributed by atoms with Crippen LogP contribution in [0.1, 0.15) is 10.4 Å². The maximum absolute atomic E-state index is 12.2. The molecule has 0 bridgehead atoms. The molecular formula is C21H19NO5. The number of methoxy groups -OCH3 is 2. The standard InChI is InChI=1S/C21H19NO5/c1-25-18-10-16(11-19(12-18)26-2)21(24)27-13-20(23)22-17-8-7-14-5-3-4-6-15(14)9-17/h3-12H,13H2,1-2H3,(H,22,23). The van der Waals surface area contributed by atoms with E-state index in [-0.39, 0.29) is 5.56 Å². The van der Waals surface area contributed by atoms with E-state index in [4.69, 9.17) is 14.2 Å². The summed E-state index contributed by atoms with van der Waals surface area (Å²) >= 11 is 0. The van der Waals surface area contributed by atoms with E-state index in [2.05, 4.69) is 5.32 Å². The fourth-order valence-corrected chi connectivity index (χ4v) is 2.60. The lowest BCUT2D eigenvalue weighted by molar-refractivity contribution is -0.119. The molecule has 0 spiro atoms. The zero-order chi connectivity index (χ0) is 19.2. The van der Waals surface area contributed by atoms with Gasteiger partial charge in [-0.25, -0.2) is 4.79 Å². The van der Waals surface area contributed by atoms with Gasteiger partial charge >= 0.3 is 5.97 Å². The van der Waals surface area contributed by atoms with E-state index in [1.807, 2.05) is 36.4 Å². The topological polar surface area (TPSA) is 73.9 Å². The molecule has 0 aromatic heterocycles. The molecule has 1 amide bonds. The average Bonchev–Trinajstić information content (AvgIpc) is 2.71. The monoisotopic (exact) mass is 365 g/mol. The second kappa shape index (κ2) is 8.23. The second-order valence-electron chi connectivity index (χ2n) is 5.79. The van der Waals surface area contributed by atoms with Crippen molar-refractivity contribution in [3.8, 4) is 11.5 Å². The molecule has 6 nitrogen and oxygen atoms in total. The minimum absolute atomic E-state index is 0.240.